The number of likely N-dealkylation sites (tertiary alicyclic amines) is 1. The third-order valence-electron chi connectivity index (χ3n) is 7.00. The third kappa shape index (κ3) is 7.17. The Morgan fingerprint density at radius 2 is 1.80 bits per heavy atom. The van der Waals surface area contributed by atoms with Gasteiger partial charge in [-0.3, -0.25) is 9.78 Å². The predicted octanol–water partition coefficient (Wildman–Crippen LogP) is 5.08. The first-order chi connectivity index (χ1) is 17.1. The van der Waals surface area contributed by atoms with Crippen LogP contribution in [0.1, 0.15) is 56.7 Å². The maximum Gasteiger partial charge on any atom is 0.334 e. The van der Waals surface area contributed by atoms with Crippen molar-refractivity contribution in [2.45, 2.75) is 51.9 Å². The highest BCUT2D eigenvalue weighted by atomic mass is 16.5. The molecular formula is C29H36N2O4. The van der Waals surface area contributed by atoms with E-state index in [4.69, 9.17) is 9.47 Å². The molecule has 6 heteroatoms. The molecule has 0 spiro atoms. The summed E-state index contributed by atoms with van der Waals surface area (Å²) >= 11 is 0. The average molecular weight is 477 g/mol. The number of nitrogens with zero attached hydrogens (tertiary/aromatic N) is 2. The molecule has 1 amide bonds. The number of amides is 1. The zero-order chi connectivity index (χ0) is 24.5. The number of ether oxygens (including phenoxy) is 2. The van der Waals surface area contributed by atoms with Crippen molar-refractivity contribution >= 4 is 18.0 Å². The summed E-state index contributed by atoms with van der Waals surface area (Å²) in [6.07, 6.45) is 10.4. The van der Waals surface area contributed by atoms with Gasteiger partial charge in [-0.25, -0.2) is 4.79 Å². The van der Waals surface area contributed by atoms with E-state index in [0.717, 1.165) is 42.9 Å². The summed E-state index contributed by atoms with van der Waals surface area (Å²) in [6, 6.07) is 13.5. The van der Waals surface area contributed by atoms with Gasteiger partial charge in [0, 0.05) is 30.6 Å². The van der Waals surface area contributed by atoms with Crippen molar-refractivity contribution in [2.24, 2.45) is 11.8 Å². The molecule has 6 nitrogen and oxygen atoms in total. The van der Waals surface area contributed by atoms with E-state index in [0.29, 0.717) is 24.0 Å². The Bertz CT molecular complexity index is 989. The molecule has 0 bridgehead atoms. The topological polar surface area (TPSA) is 68.7 Å². The second kappa shape index (κ2) is 12.5. The quantitative estimate of drug-likeness (QED) is 0.272. The van der Waals surface area contributed by atoms with E-state index < -0.39 is 5.97 Å². The third-order valence-corrected chi connectivity index (χ3v) is 7.00. The molecule has 2 atom stereocenters. The number of hydrogen-bond acceptors (Lipinski definition) is 5. The number of benzene rings is 1. The first-order valence-corrected chi connectivity index (χ1v) is 12.9. The average Bonchev–Trinajstić information content (AvgIpc) is 3.32. The molecule has 1 aliphatic heterocycles. The fourth-order valence-corrected chi connectivity index (χ4v) is 5.14. The fraction of sp³-hybridized carbons (Fsp3) is 0.483. The molecule has 2 heterocycles. The van der Waals surface area contributed by atoms with Gasteiger partial charge in [0.25, 0.3) is 0 Å². The maximum absolute atomic E-state index is 13.1. The molecule has 1 saturated carbocycles. The summed E-state index contributed by atoms with van der Waals surface area (Å²) < 4.78 is 11.1. The predicted molar refractivity (Wildman–Crippen MR) is 136 cm³/mol. The van der Waals surface area contributed by atoms with Gasteiger partial charge in [0.15, 0.2) is 0 Å². The Balaban J connectivity index is 1.33. The van der Waals surface area contributed by atoms with Gasteiger partial charge in [0.05, 0.1) is 19.6 Å². The van der Waals surface area contributed by atoms with Gasteiger partial charge in [-0.05, 0) is 80.3 Å². The van der Waals surface area contributed by atoms with Crippen molar-refractivity contribution in [1.29, 1.82) is 0 Å². The Hall–Kier alpha value is -3.15. The molecule has 4 rings (SSSR count). The van der Waals surface area contributed by atoms with Crippen LogP contribution < -0.4 is 4.74 Å². The van der Waals surface area contributed by atoms with Gasteiger partial charge in [-0.2, -0.15) is 0 Å². The van der Waals surface area contributed by atoms with Crippen LogP contribution in [-0.4, -0.2) is 48.1 Å². The molecule has 1 aromatic heterocycles. The number of hydrogen-bond donors (Lipinski definition) is 0. The highest BCUT2D eigenvalue weighted by Gasteiger charge is 2.36. The molecule has 0 unspecified atom stereocenters. The fourth-order valence-electron chi connectivity index (χ4n) is 5.14. The standard InChI is InChI=1S/C29H36N2O4/c1-2-34-29(33)25(19-28(32)31-20-23-8-3-4-9-24(23)21-31)18-22-12-14-27(15-13-22)35-17-7-11-26-10-5-6-16-30-26/h5-6,10,12-16,18,23-24H,2-4,7-9,11,17,19-21H2,1H3/b25-18+/t23-,24+. The first kappa shape index (κ1) is 25.0. The summed E-state index contributed by atoms with van der Waals surface area (Å²) in [5.41, 5.74) is 2.30. The van der Waals surface area contributed by atoms with E-state index in [-0.39, 0.29) is 18.9 Å². The number of pyridine rings is 1. The van der Waals surface area contributed by atoms with Gasteiger partial charge in [-0.15, -0.1) is 0 Å². The Labute approximate surface area is 208 Å². The van der Waals surface area contributed by atoms with Crippen molar-refractivity contribution in [2.75, 3.05) is 26.3 Å². The van der Waals surface area contributed by atoms with Crippen LogP contribution >= 0.6 is 0 Å². The minimum atomic E-state index is -0.424. The molecule has 1 aliphatic carbocycles. The van der Waals surface area contributed by atoms with Crippen LogP contribution in [-0.2, 0) is 20.7 Å². The zero-order valence-electron chi connectivity index (χ0n) is 20.7. The molecule has 2 aliphatic rings. The number of carbonyl (C=O) groups is 2. The molecule has 186 valence electrons. The molecule has 2 aromatic rings. The minimum absolute atomic E-state index is 0.0200. The lowest BCUT2D eigenvalue weighted by molar-refractivity contribution is -0.140. The number of fused-ring (bicyclic) bond motifs is 1. The van der Waals surface area contributed by atoms with Crippen molar-refractivity contribution in [1.82, 2.24) is 9.88 Å². The second-order valence-corrected chi connectivity index (χ2v) is 9.51. The van der Waals surface area contributed by atoms with Crippen LogP contribution in [0.25, 0.3) is 6.08 Å². The molecule has 2 fully saturated rings. The molecule has 1 aromatic carbocycles. The SMILES string of the molecule is CCOC(=O)/C(=C/c1ccc(OCCCc2ccccn2)cc1)CC(=O)N1C[C@H]2CCCC[C@H]2C1. The van der Waals surface area contributed by atoms with Crippen LogP contribution in [0.2, 0.25) is 0 Å². The van der Waals surface area contributed by atoms with E-state index in [1.165, 1.54) is 25.7 Å². The van der Waals surface area contributed by atoms with Crippen LogP contribution in [0.15, 0.2) is 54.2 Å². The molecule has 0 N–H and O–H groups in total. The highest BCUT2D eigenvalue weighted by molar-refractivity contribution is 5.99. The lowest BCUT2D eigenvalue weighted by Gasteiger charge is -2.22. The summed E-state index contributed by atoms with van der Waals surface area (Å²) in [5.74, 6) is 1.62. The number of aromatic nitrogens is 1. The van der Waals surface area contributed by atoms with E-state index in [2.05, 4.69) is 4.98 Å². The van der Waals surface area contributed by atoms with Gasteiger partial charge in [0.1, 0.15) is 5.75 Å². The lowest BCUT2D eigenvalue weighted by atomic mass is 9.82. The van der Waals surface area contributed by atoms with Crippen molar-refractivity contribution in [3.63, 3.8) is 0 Å². The van der Waals surface area contributed by atoms with Gasteiger partial charge in [0.2, 0.25) is 5.91 Å². The van der Waals surface area contributed by atoms with Crippen LogP contribution in [0, 0.1) is 11.8 Å². The minimum Gasteiger partial charge on any atom is -0.494 e. The van der Waals surface area contributed by atoms with Crippen LogP contribution in [0.5, 0.6) is 5.75 Å². The van der Waals surface area contributed by atoms with Crippen LogP contribution in [0.4, 0.5) is 0 Å². The molecule has 35 heavy (non-hydrogen) atoms. The van der Waals surface area contributed by atoms with Crippen molar-refractivity contribution < 1.29 is 19.1 Å². The summed E-state index contributed by atoms with van der Waals surface area (Å²) in [4.78, 5) is 32.0. The summed E-state index contributed by atoms with van der Waals surface area (Å²) in [5, 5.41) is 0. The number of rotatable bonds is 10. The zero-order valence-corrected chi connectivity index (χ0v) is 20.7. The molecule has 1 saturated heterocycles. The van der Waals surface area contributed by atoms with Gasteiger partial charge >= 0.3 is 5.97 Å². The van der Waals surface area contributed by atoms with E-state index in [1.54, 1.807) is 19.2 Å². The Morgan fingerprint density at radius 1 is 1.06 bits per heavy atom. The first-order valence-electron chi connectivity index (χ1n) is 12.9. The van der Waals surface area contributed by atoms with Gasteiger partial charge < -0.3 is 14.4 Å². The monoisotopic (exact) mass is 476 g/mol. The maximum atomic E-state index is 13.1. The summed E-state index contributed by atoms with van der Waals surface area (Å²) in [6.45, 7) is 4.32. The molecule has 0 radical (unpaired) electrons. The highest BCUT2D eigenvalue weighted by Crippen LogP contribution is 2.36. The Morgan fingerprint density at radius 3 is 2.46 bits per heavy atom. The van der Waals surface area contributed by atoms with E-state index in [9.17, 15) is 9.59 Å². The summed E-state index contributed by atoms with van der Waals surface area (Å²) in [7, 11) is 0. The van der Waals surface area contributed by atoms with Gasteiger partial charge in [-0.1, -0.05) is 31.0 Å². The van der Waals surface area contributed by atoms with Crippen molar-refractivity contribution in [3.8, 4) is 5.75 Å². The lowest BCUT2D eigenvalue weighted by Crippen LogP contribution is -2.30. The van der Waals surface area contributed by atoms with E-state index >= 15 is 0 Å². The normalized spacial score (nSPS) is 19.8. The smallest absolute Gasteiger partial charge is 0.334 e. The number of carbonyl (C=O) groups excluding carboxylic acids is 2. The largest absolute Gasteiger partial charge is 0.494 e. The Kier molecular flexibility index (Phi) is 8.93. The number of aryl methyl sites for hydroxylation is 1. The second-order valence-electron chi connectivity index (χ2n) is 9.51. The number of esters is 1. The molecular weight excluding hydrogens is 440 g/mol. The van der Waals surface area contributed by atoms with E-state index in [1.807, 2.05) is 47.4 Å². The van der Waals surface area contributed by atoms with Crippen LogP contribution in [0.3, 0.4) is 0 Å². The van der Waals surface area contributed by atoms with Crippen molar-refractivity contribution in [3.05, 3.63) is 65.5 Å².